The Labute approximate surface area is 126 Å². The van der Waals surface area contributed by atoms with E-state index in [2.05, 4.69) is 30.1 Å². The van der Waals surface area contributed by atoms with Gasteiger partial charge in [0.2, 0.25) is 0 Å². The number of nitrogens with zero attached hydrogens (tertiary/aromatic N) is 1. The fourth-order valence-corrected chi connectivity index (χ4v) is 2.89. The van der Waals surface area contributed by atoms with Gasteiger partial charge in [-0.1, -0.05) is 31.5 Å². The van der Waals surface area contributed by atoms with Crippen LogP contribution in [0, 0.1) is 5.92 Å². The number of β-amino-alcohol motifs (C(OH)–C–C–N with tert-alkyl or cyclic N) is 1. The molecule has 4 heteroatoms. The zero-order valence-electron chi connectivity index (χ0n) is 12.6. The van der Waals surface area contributed by atoms with Crippen molar-refractivity contribution in [3.05, 3.63) is 28.8 Å². The smallest absolute Gasteiger partial charge is 0.0810 e. The first-order valence-electron chi connectivity index (χ1n) is 7.34. The highest BCUT2D eigenvalue weighted by Crippen LogP contribution is 2.32. The molecule has 3 nitrogen and oxygen atoms in total. The van der Waals surface area contributed by atoms with Gasteiger partial charge >= 0.3 is 0 Å². The van der Waals surface area contributed by atoms with Gasteiger partial charge in [-0.3, -0.25) is 0 Å². The van der Waals surface area contributed by atoms with Crippen molar-refractivity contribution < 1.29 is 5.11 Å². The average Bonchev–Trinajstić information content (AvgIpc) is 2.71. The van der Waals surface area contributed by atoms with Gasteiger partial charge < -0.3 is 15.3 Å². The summed E-state index contributed by atoms with van der Waals surface area (Å²) in [6.07, 6.45) is 0.804. The van der Waals surface area contributed by atoms with Gasteiger partial charge in [0.25, 0.3) is 0 Å². The number of halogens is 1. The third-order valence-corrected chi connectivity index (χ3v) is 4.10. The molecule has 0 bridgehead atoms. The zero-order valence-corrected chi connectivity index (χ0v) is 13.4. The second-order valence-corrected chi connectivity index (χ2v) is 6.84. The van der Waals surface area contributed by atoms with Crippen LogP contribution in [0.25, 0.3) is 0 Å². The first kappa shape index (κ1) is 15.6. The lowest BCUT2D eigenvalue weighted by Gasteiger charge is -2.24. The van der Waals surface area contributed by atoms with Gasteiger partial charge in [-0.25, -0.2) is 0 Å². The molecule has 1 aliphatic heterocycles. The molecule has 1 heterocycles. The Balaban J connectivity index is 2.14. The van der Waals surface area contributed by atoms with Crippen LogP contribution in [-0.4, -0.2) is 30.3 Å². The van der Waals surface area contributed by atoms with Crippen LogP contribution < -0.4 is 10.2 Å². The van der Waals surface area contributed by atoms with E-state index in [4.69, 9.17) is 11.6 Å². The normalized spacial score (nSPS) is 22.8. The summed E-state index contributed by atoms with van der Waals surface area (Å²) in [5, 5.41) is 14.4. The highest BCUT2D eigenvalue weighted by atomic mass is 35.5. The minimum Gasteiger partial charge on any atom is -0.388 e. The number of anilines is 1. The molecule has 0 aliphatic carbocycles. The van der Waals surface area contributed by atoms with E-state index >= 15 is 0 Å². The highest BCUT2D eigenvalue weighted by Gasteiger charge is 2.32. The Kier molecular flexibility index (Phi) is 4.95. The highest BCUT2D eigenvalue weighted by molar-refractivity contribution is 6.31. The lowest BCUT2D eigenvalue weighted by molar-refractivity contribution is 0.0839. The largest absolute Gasteiger partial charge is 0.388 e. The quantitative estimate of drug-likeness (QED) is 0.877. The van der Waals surface area contributed by atoms with Crippen molar-refractivity contribution in [3.8, 4) is 0 Å². The number of hydrogen-bond donors (Lipinski definition) is 2. The Morgan fingerprint density at radius 2 is 2.20 bits per heavy atom. The molecule has 0 aromatic heterocycles. The second kappa shape index (κ2) is 6.33. The molecular weight excluding hydrogens is 272 g/mol. The number of benzene rings is 1. The van der Waals surface area contributed by atoms with Crippen molar-refractivity contribution in [1.29, 1.82) is 0 Å². The van der Waals surface area contributed by atoms with Crippen LogP contribution in [0.5, 0.6) is 0 Å². The molecule has 1 atom stereocenters. The molecule has 20 heavy (non-hydrogen) atoms. The second-order valence-electron chi connectivity index (χ2n) is 6.43. The van der Waals surface area contributed by atoms with Gasteiger partial charge in [0.05, 0.1) is 5.60 Å². The summed E-state index contributed by atoms with van der Waals surface area (Å²) >= 11 is 6.37. The minimum atomic E-state index is -0.592. The molecule has 1 fully saturated rings. The lowest BCUT2D eigenvalue weighted by Crippen LogP contribution is -2.30. The van der Waals surface area contributed by atoms with E-state index in [0.717, 1.165) is 42.3 Å². The predicted octanol–water partition coefficient (Wildman–Crippen LogP) is 3.05. The summed E-state index contributed by atoms with van der Waals surface area (Å²) in [4.78, 5) is 2.23. The van der Waals surface area contributed by atoms with Crippen molar-refractivity contribution in [2.24, 2.45) is 5.92 Å². The van der Waals surface area contributed by atoms with E-state index in [9.17, 15) is 5.11 Å². The first-order valence-corrected chi connectivity index (χ1v) is 7.72. The summed E-state index contributed by atoms with van der Waals surface area (Å²) in [5.74, 6) is 0.619. The monoisotopic (exact) mass is 296 g/mol. The van der Waals surface area contributed by atoms with Gasteiger partial charge in [0.15, 0.2) is 0 Å². The molecule has 0 spiro atoms. The van der Waals surface area contributed by atoms with Crippen molar-refractivity contribution in [3.63, 3.8) is 0 Å². The van der Waals surface area contributed by atoms with Crippen LogP contribution >= 0.6 is 11.6 Å². The fraction of sp³-hybridized carbons (Fsp3) is 0.625. The first-order chi connectivity index (χ1) is 9.39. The molecule has 112 valence electrons. The summed E-state index contributed by atoms with van der Waals surface area (Å²) < 4.78 is 0. The Morgan fingerprint density at radius 1 is 1.45 bits per heavy atom. The van der Waals surface area contributed by atoms with E-state index < -0.39 is 5.60 Å². The summed E-state index contributed by atoms with van der Waals surface area (Å²) in [6, 6.07) is 6.02. The molecule has 1 aromatic carbocycles. The summed E-state index contributed by atoms with van der Waals surface area (Å²) in [6.45, 7) is 9.58. The van der Waals surface area contributed by atoms with Crippen LogP contribution in [0.4, 0.5) is 5.69 Å². The van der Waals surface area contributed by atoms with Crippen LogP contribution in [0.1, 0.15) is 32.8 Å². The molecule has 1 saturated heterocycles. The molecule has 0 saturated carbocycles. The van der Waals surface area contributed by atoms with Crippen LogP contribution in [0.3, 0.4) is 0 Å². The predicted molar refractivity (Wildman–Crippen MR) is 85.5 cm³/mol. The number of nitrogens with one attached hydrogen (secondary N) is 1. The van der Waals surface area contributed by atoms with Gasteiger partial charge in [0, 0.05) is 35.9 Å². The van der Waals surface area contributed by atoms with E-state index in [1.165, 1.54) is 0 Å². The van der Waals surface area contributed by atoms with E-state index in [0.29, 0.717) is 12.5 Å². The summed E-state index contributed by atoms with van der Waals surface area (Å²) in [7, 11) is 0. The molecule has 0 amide bonds. The van der Waals surface area contributed by atoms with Gasteiger partial charge in [-0.2, -0.15) is 0 Å². The zero-order chi connectivity index (χ0) is 14.8. The molecule has 1 unspecified atom stereocenters. The molecular formula is C16H25ClN2O. The SMILES string of the molecule is CC(C)CNCc1c(Cl)cccc1N1CCC(C)(O)C1. The standard InChI is InChI=1S/C16H25ClN2O/c1-12(2)9-18-10-13-14(17)5-4-6-15(13)19-8-7-16(3,20)11-19/h4-6,12,18,20H,7-11H2,1-3H3. The third-order valence-electron chi connectivity index (χ3n) is 3.74. The maximum atomic E-state index is 10.1. The van der Waals surface area contributed by atoms with E-state index in [1.54, 1.807) is 0 Å². The number of aliphatic hydroxyl groups is 1. The van der Waals surface area contributed by atoms with E-state index in [-0.39, 0.29) is 0 Å². The van der Waals surface area contributed by atoms with Crippen molar-refractivity contribution in [2.45, 2.75) is 39.3 Å². The average molecular weight is 297 g/mol. The van der Waals surface area contributed by atoms with Crippen molar-refractivity contribution in [2.75, 3.05) is 24.5 Å². The third kappa shape index (κ3) is 3.87. The van der Waals surface area contributed by atoms with Gasteiger partial charge in [-0.05, 0) is 37.9 Å². The topological polar surface area (TPSA) is 35.5 Å². The molecule has 2 rings (SSSR count). The minimum absolute atomic E-state index is 0.592. The number of rotatable bonds is 5. The Morgan fingerprint density at radius 3 is 2.80 bits per heavy atom. The van der Waals surface area contributed by atoms with Gasteiger partial charge in [0.1, 0.15) is 0 Å². The Hall–Kier alpha value is -0.770. The molecule has 1 aliphatic rings. The molecule has 1 aromatic rings. The van der Waals surface area contributed by atoms with Crippen LogP contribution in [0.2, 0.25) is 5.02 Å². The Bertz CT molecular complexity index is 460. The van der Waals surface area contributed by atoms with Crippen molar-refractivity contribution >= 4 is 17.3 Å². The number of hydrogen-bond acceptors (Lipinski definition) is 3. The molecule has 0 radical (unpaired) electrons. The van der Waals surface area contributed by atoms with E-state index in [1.807, 2.05) is 19.1 Å². The van der Waals surface area contributed by atoms with Gasteiger partial charge in [-0.15, -0.1) is 0 Å². The molecule has 2 N–H and O–H groups in total. The maximum absolute atomic E-state index is 10.1. The lowest BCUT2D eigenvalue weighted by atomic mass is 10.1. The van der Waals surface area contributed by atoms with Crippen LogP contribution in [0.15, 0.2) is 18.2 Å². The summed E-state index contributed by atoms with van der Waals surface area (Å²) in [5.41, 5.74) is 1.68. The maximum Gasteiger partial charge on any atom is 0.0810 e. The fourth-order valence-electron chi connectivity index (χ4n) is 2.66. The van der Waals surface area contributed by atoms with Crippen LogP contribution in [-0.2, 0) is 6.54 Å². The van der Waals surface area contributed by atoms with Crippen molar-refractivity contribution in [1.82, 2.24) is 5.32 Å².